The highest BCUT2D eigenvalue weighted by Gasteiger charge is 2.35. The number of nitrogens with zero attached hydrogens (tertiary/aromatic N) is 3. The van der Waals surface area contributed by atoms with E-state index in [9.17, 15) is 14.7 Å². The van der Waals surface area contributed by atoms with Gasteiger partial charge in [-0.1, -0.05) is 0 Å². The van der Waals surface area contributed by atoms with E-state index < -0.39 is 5.60 Å². The lowest BCUT2D eigenvalue weighted by Crippen LogP contribution is -2.34. The molecule has 9 nitrogen and oxygen atoms in total. The Morgan fingerprint density at radius 3 is 2.76 bits per heavy atom. The van der Waals surface area contributed by atoms with Gasteiger partial charge in [-0.3, -0.25) is 9.59 Å². The first-order chi connectivity index (χ1) is 16.2. The third-order valence-corrected chi connectivity index (χ3v) is 6.38. The van der Waals surface area contributed by atoms with Crippen LogP contribution < -0.4 is 10.1 Å². The van der Waals surface area contributed by atoms with Crippen LogP contribution in [-0.4, -0.2) is 57.2 Å². The molecule has 1 aliphatic rings. The fraction of sp³-hybridized carbons (Fsp3) is 0.320. The van der Waals surface area contributed by atoms with Gasteiger partial charge in [0.05, 0.1) is 22.9 Å². The summed E-state index contributed by atoms with van der Waals surface area (Å²) in [5, 5.41) is 17.9. The predicted molar refractivity (Wildman–Crippen MR) is 125 cm³/mol. The smallest absolute Gasteiger partial charge is 0.255 e. The largest absolute Gasteiger partial charge is 0.460 e. The molecule has 1 aliphatic heterocycles. The minimum Gasteiger partial charge on any atom is -0.460 e. The summed E-state index contributed by atoms with van der Waals surface area (Å²) in [6.07, 6.45) is 3.85. The van der Waals surface area contributed by atoms with Crippen LogP contribution in [-0.2, 0) is 0 Å². The molecule has 3 aromatic heterocycles. The zero-order valence-electron chi connectivity index (χ0n) is 19.5. The average molecular weight is 463 g/mol. The lowest BCUT2D eigenvalue weighted by molar-refractivity contribution is 0.0572. The number of aryl methyl sites for hydroxylation is 2. The Morgan fingerprint density at radius 1 is 1.26 bits per heavy atom. The normalized spacial score (nSPS) is 18.1. The minimum atomic E-state index is -0.865. The Kier molecular flexibility index (Phi) is 5.09. The number of hydrogen-bond donors (Lipinski definition) is 2. The van der Waals surface area contributed by atoms with Crippen molar-refractivity contribution in [2.45, 2.75) is 32.8 Å². The number of hydrogen-bond acceptors (Lipinski definition) is 6. The molecule has 1 unspecified atom stereocenters. The van der Waals surface area contributed by atoms with E-state index in [1.54, 1.807) is 67.0 Å². The molecule has 9 heteroatoms. The fourth-order valence-corrected chi connectivity index (χ4v) is 4.61. The molecule has 1 saturated heterocycles. The second-order valence-corrected chi connectivity index (χ2v) is 9.00. The van der Waals surface area contributed by atoms with Gasteiger partial charge in [-0.2, -0.15) is 5.10 Å². The molecule has 0 aliphatic carbocycles. The van der Waals surface area contributed by atoms with Gasteiger partial charge in [0.25, 0.3) is 11.8 Å². The van der Waals surface area contributed by atoms with Crippen LogP contribution in [0, 0.1) is 13.8 Å². The molecular weight excluding hydrogens is 436 g/mol. The molecule has 0 saturated carbocycles. The predicted octanol–water partition coefficient (Wildman–Crippen LogP) is 3.45. The maximum absolute atomic E-state index is 13.1. The van der Waals surface area contributed by atoms with E-state index in [2.05, 4.69) is 10.4 Å². The highest BCUT2D eigenvalue weighted by Crippen LogP contribution is 2.34. The van der Waals surface area contributed by atoms with E-state index in [0.717, 1.165) is 5.56 Å². The zero-order valence-corrected chi connectivity index (χ0v) is 19.5. The van der Waals surface area contributed by atoms with Crippen LogP contribution in [0.5, 0.6) is 11.5 Å². The fourth-order valence-electron chi connectivity index (χ4n) is 4.61. The standard InChI is InChI=1S/C25H26N4O5/c1-14-18(24(31)28-10-8-25(3,32)13-28)12-29-22(14)19(7-9-27-29)34-16-5-6-17-20(11-16)33-15(2)21(17)23(30)26-4/h5-7,9,11-12,32H,8,10,13H2,1-4H3,(H,26,30). The highest BCUT2D eigenvalue weighted by atomic mass is 16.5. The average Bonchev–Trinajstić information content (AvgIpc) is 3.45. The summed E-state index contributed by atoms with van der Waals surface area (Å²) in [5.74, 6) is 1.25. The van der Waals surface area contributed by atoms with Crippen molar-refractivity contribution >= 4 is 28.3 Å². The SMILES string of the molecule is CNC(=O)c1c(C)oc2cc(Oc3ccnn4cc(C(=O)N5CCC(C)(O)C5)c(C)c34)ccc12. The molecule has 0 radical (unpaired) electrons. The number of fused-ring (bicyclic) bond motifs is 2. The van der Waals surface area contributed by atoms with Crippen molar-refractivity contribution in [3.8, 4) is 11.5 Å². The summed E-state index contributed by atoms with van der Waals surface area (Å²) < 4.78 is 13.6. The summed E-state index contributed by atoms with van der Waals surface area (Å²) in [4.78, 5) is 27.0. The van der Waals surface area contributed by atoms with Crippen molar-refractivity contribution in [1.29, 1.82) is 0 Å². The number of nitrogens with one attached hydrogen (secondary N) is 1. The summed E-state index contributed by atoms with van der Waals surface area (Å²) in [6.45, 7) is 6.16. The summed E-state index contributed by atoms with van der Waals surface area (Å²) in [7, 11) is 1.58. The Bertz CT molecular complexity index is 1450. The summed E-state index contributed by atoms with van der Waals surface area (Å²) >= 11 is 0. The van der Waals surface area contributed by atoms with Crippen molar-refractivity contribution in [3.05, 3.63) is 59.1 Å². The van der Waals surface area contributed by atoms with E-state index in [1.165, 1.54) is 0 Å². The van der Waals surface area contributed by atoms with Gasteiger partial charge < -0.3 is 24.5 Å². The Balaban J connectivity index is 1.49. The Hall–Kier alpha value is -3.85. The molecular formula is C25H26N4O5. The molecule has 4 heterocycles. The number of carbonyl (C=O) groups is 2. The Morgan fingerprint density at radius 2 is 2.06 bits per heavy atom. The van der Waals surface area contributed by atoms with Crippen LogP contribution in [0.3, 0.4) is 0 Å². The number of aromatic nitrogens is 2. The van der Waals surface area contributed by atoms with Crippen LogP contribution in [0.2, 0.25) is 0 Å². The van der Waals surface area contributed by atoms with E-state index >= 15 is 0 Å². The second kappa shape index (κ2) is 7.88. The number of β-amino-alcohol motifs (C(OH)–C–C–N with tert-alkyl or cyclic N) is 1. The molecule has 2 amide bonds. The number of likely N-dealkylation sites (tertiary alicyclic amines) is 1. The zero-order chi connectivity index (χ0) is 24.2. The van der Waals surface area contributed by atoms with Crippen molar-refractivity contribution in [3.63, 3.8) is 0 Å². The van der Waals surface area contributed by atoms with Crippen LogP contribution >= 0.6 is 0 Å². The number of amides is 2. The number of carbonyl (C=O) groups excluding carboxylic acids is 2. The molecule has 34 heavy (non-hydrogen) atoms. The lowest BCUT2D eigenvalue weighted by Gasteiger charge is -2.18. The third-order valence-electron chi connectivity index (χ3n) is 6.38. The van der Waals surface area contributed by atoms with Gasteiger partial charge in [0.1, 0.15) is 22.6 Å². The maximum atomic E-state index is 13.1. The van der Waals surface area contributed by atoms with Crippen molar-refractivity contribution in [1.82, 2.24) is 19.8 Å². The van der Waals surface area contributed by atoms with Crippen LogP contribution in [0.25, 0.3) is 16.5 Å². The monoisotopic (exact) mass is 462 g/mol. The number of rotatable bonds is 4. The summed E-state index contributed by atoms with van der Waals surface area (Å²) in [6, 6.07) is 7.05. The first-order valence-corrected chi connectivity index (χ1v) is 11.1. The van der Waals surface area contributed by atoms with Crippen molar-refractivity contribution in [2.24, 2.45) is 0 Å². The topological polar surface area (TPSA) is 109 Å². The third kappa shape index (κ3) is 3.58. The first-order valence-electron chi connectivity index (χ1n) is 11.1. The van der Waals surface area contributed by atoms with Crippen LogP contribution in [0.15, 0.2) is 41.1 Å². The number of benzene rings is 1. The molecule has 176 valence electrons. The van der Waals surface area contributed by atoms with Crippen molar-refractivity contribution in [2.75, 3.05) is 20.1 Å². The molecule has 1 fully saturated rings. The number of furan rings is 1. The van der Waals surface area contributed by atoms with Gasteiger partial charge in [0.15, 0.2) is 5.75 Å². The molecule has 1 aromatic carbocycles. The number of aliphatic hydroxyl groups is 1. The van der Waals surface area contributed by atoms with Gasteiger partial charge in [-0.05, 0) is 44.9 Å². The molecule has 0 spiro atoms. The minimum absolute atomic E-state index is 0.138. The second-order valence-electron chi connectivity index (χ2n) is 9.00. The molecule has 0 bridgehead atoms. The van der Waals surface area contributed by atoms with Gasteiger partial charge in [-0.15, -0.1) is 0 Å². The maximum Gasteiger partial charge on any atom is 0.255 e. The summed E-state index contributed by atoms with van der Waals surface area (Å²) in [5.41, 5.74) is 2.13. The molecule has 5 rings (SSSR count). The quantitative estimate of drug-likeness (QED) is 0.481. The van der Waals surface area contributed by atoms with Gasteiger partial charge >= 0.3 is 0 Å². The van der Waals surface area contributed by atoms with E-state index in [4.69, 9.17) is 9.15 Å². The Labute approximate surface area is 195 Å². The van der Waals surface area contributed by atoms with Crippen LogP contribution in [0.1, 0.15) is 45.4 Å². The molecule has 4 aromatic rings. The highest BCUT2D eigenvalue weighted by molar-refractivity contribution is 6.07. The lowest BCUT2D eigenvalue weighted by atomic mass is 10.1. The number of ether oxygens (including phenoxy) is 1. The van der Waals surface area contributed by atoms with E-state index in [1.807, 2.05) is 6.92 Å². The van der Waals surface area contributed by atoms with Gasteiger partial charge in [0, 0.05) is 43.9 Å². The molecule has 2 N–H and O–H groups in total. The van der Waals surface area contributed by atoms with Crippen LogP contribution in [0.4, 0.5) is 0 Å². The molecule has 1 atom stereocenters. The van der Waals surface area contributed by atoms with E-state index in [0.29, 0.717) is 64.4 Å². The van der Waals surface area contributed by atoms with Gasteiger partial charge in [-0.25, -0.2) is 4.52 Å². The first kappa shape index (κ1) is 22.0. The van der Waals surface area contributed by atoms with Gasteiger partial charge in [0.2, 0.25) is 0 Å². The van der Waals surface area contributed by atoms with E-state index in [-0.39, 0.29) is 11.8 Å². The van der Waals surface area contributed by atoms with Crippen molar-refractivity contribution < 1.29 is 23.8 Å².